The molecule has 1 nitrogen and oxygen atoms in total. The van der Waals surface area contributed by atoms with E-state index >= 15 is 0 Å². The Morgan fingerprint density at radius 1 is 1.44 bits per heavy atom. The van der Waals surface area contributed by atoms with Crippen molar-refractivity contribution in [2.24, 2.45) is 0 Å². The maximum atomic E-state index is 2.33. The fourth-order valence-corrected chi connectivity index (χ4v) is 1.83. The quantitative estimate of drug-likeness (QED) is 0.421. The third-order valence-corrected chi connectivity index (χ3v) is 2.57. The molecular weight excluding hydrogens is 126 g/mol. The summed E-state index contributed by atoms with van der Waals surface area (Å²) in [6.07, 6.45) is 2.33. The van der Waals surface area contributed by atoms with Gasteiger partial charge in [0.15, 0.2) is 0 Å². The van der Waals surface area contributed by atoms with E-state index in [9.17, 15) is 0 Å². The molecule has 0 N–H and O–H groups in total. The maximum Gasteiger partial charge on any atom is 0.0980 e. The summed E-state index contributed by atoms with van der Waals surface area (Å²) in [5.41, 5.74) is 1.45. The van der Waals surface area contributed by atoms with Crippen molar-refractivity contribution in [3.63, 3.8) is 0 Å². The van der Waals surface area contributed by atoms with Crippen LogP contribution >= 0.6 is 0 Å². The van der Waals surface area contributed by atoms with Crippen molar-refractivity contribution >= 4 is 9.68 Å². The fourth-order valence-electron chi connectivity index (χ4n) is 0.611. The van der Waals surface area contributed by atoms with E-state index in [-0.39, 0.29) is 9.68 Å². The molecule has 0 heterocycles. The molecule has 0 aliphatic carbocycles. The van der Waals surface area contributed by atoms with E-state index in [1.54, 1.807) is 0 Å². The Kier molecular flexibility index (Phi) is 4.72. The van der Waals surface area contributed by atoms with Crippen LogP contribution in [-0.2, 0) is 0 Å². The summed E-state index contributed by atoms with van der Waals surface area (Å²) < 4.78 is 2.33. The lowest BCUT2D eigenvalue weighted by atomic mass is 10.3. The first-order chi connectivity index (χ1) is 4.13. The van der Waals surface area contributed by atoms with Gasteiger partial charge >= 0.3 is 0 Å². The second kappa shape index (κ2) is 4.76. The Labute approximate surface area is 60.7 Å². The molecule has 0 aromatic heterocycles. The molecule has 0 saturated carbocycles. The number of allylic oxidation sites excluding steroid dienone is 2. The molecule has 0 bridgehead atoms. The average molecular weight is 143 g/mol. The van der Waals surface area contributed by atoms with Crippen molar-refractivity contribution in [3.05, 3.63) is 11.6 Å². The van der Waals surface area contributed by atoms with Crippen LogP contribution in [0.4, 0.5) is 0 Å². The van der Waals surface area contributed by atoms with Gasteiger partial charge in [0.05, 0.1) is 9.68 Å². The topological polar surface area (TPSA) is 3.24 Å². The van der Waals surface area contributed by atoms with Crippen molar-refractivity contribution in [1.82, 2.24) is 4.57 Å². The molecule has 0 unspecified atom stereocenters. The minimum Gasteiger partial charge on any atom is -0.334 e. The van der Waals surface area contributed by atoms with Crippen molar-refractivity contribution in [2.75, 3.05) is 14.1 Å². The molecule has 2 heteroatoms. The summed E-state index contributed by atoms with van der Waals surface area (Å²) in [4.78, 5) is 0. The van der Waals surface area contributed by atoms with Crippen LogP contribution in [0.1, 0.15) is 13.8 Å². The predicted molar refractivity (Wildman–Crippen MR) is 46.5 cm³/mol. The third-order valence-electron chi connectivity index (χ3n) is 1.13. The van der Waals surface area contributed by atoms with Crippen LogP contribution in [0.15, 0.2) is 11.6 Å². The highest BCUT2D eigenvalue weighted by Crippen LogP contribution is 1.92. The molecule has 0 aromatic carbocycles. The number of hydrogen-bond donors (Lipinski definition) is 0. The van der Waals surface area contributed by atoms with Crippen LogP contribution in [0.3, 0.4) is 0 Å². The zero-order valence-corrected chi connectivity index (χ0v) is 8.35. The van der Waals surface area contributed by atoms with Crippen LogP contribution in [0.5, 0.6) is 0 Å². The summed E-state index contributed by atoms with van der Waals surface area (Å²) in [6.45, 7) is 4.31. The van der Waals surface area contributed by atoms with Gasteiger partial charge in [-0.3, -0.25) is 0 Å². The molecule has 0 rings (SSSR count). The first kappa shape index (κ1) is 8.92. The van der Waals surface area contributed by atoms with Crippen molar-refractivity contribution in [1.29, 1.82) is 0 Å². The van der Waals surface area contributed by atoms with Gasteiger partial charge in [0.2, 0.25) is 0 Å². The molecule has 9 heavy (non-hydrogen) atoms. The van der Waals surface area contributed by atoms with Gasteiger partial charge in [-0.25, -0.2) is 0 Å². The van der Waals surface area contributed by atoms with Crippen molar-refractivity contribution < 1.29 is 0 Å². The van der Waals surface area contributed by atoms with Gasteiger partial charge in [-0.15, -0.1) is 0 Å². The number of hydrogen-bond acceptors (Lipinski definition) is 1. The Hall–Kier alpha value is -0.0831. The number of rotatable bonds is 3. The van der Waals surface area contributed by atoms with Gasteiger partial charge in [0.25, 0.3) is 0 Å². The minimum atomic E-state index is 0.0602. The lowest BCUT2D eigenvalue weighted by Gasteiger charge is -2.04. The highest BCUT2D eigenvalue weighted by atomic mass is 28.2. The van der Waals surface area contributed by atoms with E-state index in [4.69, 9.17) is 0 Å². The second-order valence-electron chi connectivity index (χ2n) is 2.87. The van der Waals surface area contributed by atoms with Gasteiger partial charge in [0, 0.05) is 0 Å². The van der Waals surface area contributed by atoms with Crippen molar-refractivity contribution in [2.45, 2.75) is 19.9 Å². The monoisotopic (exact) mass is 143 g/mol. The van der Waals surface area contributed by atoms with Crippen LogP contribution < -0.4 is 0 Å². The summed E-state index contributed by atoms with van der Waals surface area (Å²) in [7, 11) is 4.38. The van der Waals surface area contributed by atoms with E-state index in [2.05, 4.69) is 38.6 Å². The fraction of sp³-hybridized carbons (Fsp3) is 0.714. The lowest BCUT2D eigenvalue weighted by molar-refractivity contribution is 0.661. The third kappa shape index (κ3) is 7.92. The first-order valence-corrected chi connectivity index (χ1v) is 5.04. The summed E-state index contributed by atoms with van der Waals surface area (Å²) >= 11 is 0. The zero-order valence-electron chi connectivity index (χ0n) is 6.94. The van der Waals surface area contributed by atoms with Gasteiger partial charge < -0.3 is 4.57 Å². The Bertz CT molecular complexity index is 93.1. The lowest BCUT2D eigenvalue weighted by Crippen LogP contribution is -2.15. The summed E-state index contributed by atoms with van der Waals surface area (Å²) in [5, 5.41) is 0. The van der Waals surface area contributed by atoms with Crippen LogP contribution in [0.25, 0.3) is 0 Å². The molecule has 0 radical (unpaired) electrons. The molecule has 0 saturated heterocycles. The van der Waals surface area contributed by atoms with Gasteiger partial charge in [-0.05, 0) is 34.0 Å². The molecule has 0 atom stereocenters. The van der Waals surface area contributed by atoms with E-state index in [0.29, 0.717) is 0 Å². The SMILES string of the molecule is CC(C)=CC[SiH2]N(C)C. The minimum absolute atomic E-state index is 0.0602. The Morgan fingerprint density at radius 3 is 2.33 bits per heavy atom. The smallest absolute Gasteiger partial charge is 0.0980 e. The van der Waals surface area contributed by atoms with Gasteiger partial charge in [-0.2, -0.15) is 0 Å². The van der Waals surface area contributed by atoms with E-state index in [1.807, 2.05) is 0 Å². The normalized spacial score (nSPS) is 11.2. The van der Waals surface area contributed by atoms with Crippen LogP contribution in [0, 0.1) is 0 Å². The van der Waals surface area contributed by atoms with E-state index < -0.39 is 0 Å². The van der Waals surface area contributed by atoms with E-state index in [0.717, 1.165) is 0 Å². The second-order valence-corrected chi connectivity index (χ2v) is 5.16. The Balaban J connectivity index is 3.20. The molecule has 0 aromatic rings. The summed E-state index contributed by atoms with van der Waals surface area (Å²) in [6, 6.07) is 1.31. The van der Waals surface area contributed by atoms with Gasteiger partial charge in [-0.1, -0.05) is 11.6 Å². The van der Waals surface area contributed by atoms with Crippen molar-refractivity contribution in [3.8, 4) is 0 Å². The van der Waals surface area contributed by atoms with E-state index in [1.165, 1.54) is 11.6 Å². The molecule has 0 spiro atoms. The van der Waals surface area contributed by atoms with Crippen LogP contribution in [-0.4, -0.2) is 28.3 Å². The highest BCUT2D eigenvalue weighted by Gasteiger charge is 1.86. The molecule has 0 aliphatic heterocycles. The predicted octanol–water partition coefficient (Wildman–Crippen LogP) is 1.02. The summed E-state index contributed by atoms with van der Waals surface area (Å²) in [5.74, 6) is 0. The zero-order chi connectivity index (χ0) is 7.28. The molecule has 0 amide bonds. The Morgan fingerprint density at radius 2 is 2.00 bits per heavy atom. The maximum absolute atomic E-state index is 2.33. The largest absolute Gasteiger partial charge is 0.334 e. The first-order valence-electron chi connectivity index (χ1n) is 3.41. The highest BCUT2D eigenvalue weighted by molar-refractivity contribution is 6.32. The van der Waals surface area contributed by atoms with Gasteiger partial charge in [0.1, 0.15) is 0 Å². The average Bonchev–Trinajstić information content (AvgIpc) is 1.63. The number of nitrogens with zero attached hydrogens (tertiary/aromatic N) is 1. The standard InChI is InChI=1S/C7H17NSi/c1-7(2)5-6-9-8(3)4/h5H,6,9H2,1-4H3. The molecular formula is C7H17NSi. The van der Waals surface area contributed by atoms with Crippen LogP contribution in [0.2, 0.25) is 6.04 Å². The molecule has 54 valence electrons. The molecule has 0 aliphatic rings. The molecule has 0 fully saturated rings.